The molecule has 4 N–H and O–H groups in total. The third-order valence-corrected chi connectivity index (χ3v) is 2.19. The lowest BCUT2D eigenvalue weighted by atomic mass is 9.90. The van der Waals surface area contributed by atoms with Crippen LogP contribution in [0.5, 0.6) is 0 Å². The topological polar surface area (TPSA) is 72.7 Å². The third kappa shape index (κ3) is 1.90. The fraction of sp³-hybridized carbons (Fsp3) is 1.00. The van der Waals surface area contributed by atoms with Gasteiger partial charge in [-0.05, 0) is 12.3 Å². The predicted molar refractivity (Wildman–Crippen MR) is 39.8 cm³/mol. The molecule has 0 aromatic heterocycles. The van der Waals surface area contributed by atoms with Gasteiger partial charge in [0.2, 0.25) is 0 Å². The van der Waals surface area contributed by atoms with Crippen LogP contribution >= 0.6 is 0 Å². The Labute approximate surface area is 65.9 Å². The average Bonchev–Trinajstić information content (AvgIpc) is 1.96. The zero-order valence-electron chi connectivity index (χ0n) is 6.57. The van der Waals surface area contributed by atoms with Crippen LogP contribution in [0.25, 0.3) is 0 Å². The van der Waals surface area contributed by atoms with E-state index in [9.17, 15) is 5.11 Å². The number of aliphatic hydroxyl groups excluding tert-OH is 3. The first-order valence-electron chi connectivity index (χ1n) is 3.88. The molecule has 1 fully saturated rings. The summed E-state index contributed by atoms with van der Waals surface area (Å²) in [6.07, 6.45) is -0.605. The summed E-state index contributed by atoms with van der Waals surface area (Å²) < 4.78 is 0. The Kier molecular flexibility index (Phi) is 2.84. The molecule has 66 valence electrons. The maximum absolute atomic E-state index is 9.42. The van der Waals surface area contributed by atoms with Crippen LogP contribution in [0.4, 0.5) is 0 Å². The zero-order chi connectivity index (χ0) is 8.43. The normalized spacial score (nSPS) is 45.8. The van der Waals surface area contributed by atoms with Crippen molar-refractivity contribution in [2.75, 3.05) is 6.61 Å². The Balaban J connectivity index is 2.51. The molecule has 0 spiro atoms. The van der Waals surface area contributed by atoms with Crippen molar-refractivity contribution in [3.8, 4) is 0 Å². The summed E-state index contributed by atoms with van der Waals surface area (Å²) in [4.78, 5) is 0. The van der Waals surface area contributed by atoms with E-state index in [0.29, 0.717) is 6.42 Å². The van der Waals surface area contributed by atoms with Crippen molar-refractivity contribution in [1.82, 2.24) is 5.32 Å². The van der Waals surface area contributed by atoms with Crippen LogP contribution in [0.2, 0.25) is 0 Å². The zero-order valence-corrected chi connectivity index (χ0v) is 6.57. The quantitative estimate of drug-likeness (QED) is 0.384. The van der Waals surface area contributed by atoms with Gasteiger partial charge >= 0.3 is 0 Å². The second kappa shape index (κ2) is 3.49. The molecule has 0 saturated carbocycles. The Morgan fingerprint density at radius 1 is 1.45 bits per heavy atom. The molecule has 4 heteroatoms. The van der Waals surface area contributed by atoms with E-state index < -0.39 is 12.3 Å². The molecule has 11 heavy (non-hydrogen) atoms. The lowest BCUT2D eigenvalue weighted by Gasteiger charge is -2.35. The van der Waals surface area contributed by atoms with Crippen LogP contribution in [-0.2, 0) is 0 Å². The van der Waals surface area contributed by atoms with E-state index in [1.807, 2.05) is 6.92 Å². The number of piperidine rings is 1. The molecular formula is C7H15NO3. The molecule has 1 aliphatic rings. The number of hydrogen-bond acceptors (Lipinski definition) is 4. The first kappa shape index (κ1) is 8.93. The predicted octanol–water partition coefficient (Wildman–Crippen LogP) is -1.34. The summed E-state index contributed by atoms with van der Waals surface area (Å²) >= 11 is 0. The van der Waals surface area contributed by atoms with Crippen molar-refractivity contribution in [1.29, 1.82) is 0 Å². The largest absolute Gasteiger partial charge is 0.395 e. The van der Waals surface area contributed by atoms with Crippen molar-refractivity contribution in [2.24, 2.45) is 5.92 Å². The average molecular weight is 161 g/mol. The molecule has 1 saturated heterocycles. The van der Waals surface area contributed by atoms with Gasteiger partial charge in [0.15, 0.2) is 0 Å². The van der Waals surface area contributed by atoms with Crippen LogP contribution in [0.3, 0.4) is 0 Å². The smallest absolute Gasteiger partial charge is 0.105 e. The van der Waals surface area contributed by atoms with E-state index in [1.54, 1.807) is 0 Å². The van der Waals surface area contributed by atoms with Crippen LogP contribution < -0.4 is 5.32 Å². The first-order valence-corrected chi connectivity index (χ1v) is 3.88. The number of aliphatic hydroxyl groups is 3. The summed E-state index contributed by atoms with van der Waals surface area (Å²) in [7, 11) is 0. The van der Waals surface area contributed by atoms with Crippen molar-refractivity contribution < 1.29 is 15.3 Å². The fourth-order valence-corrected chi connectivity index (χ4v) is 1.46. The van der Waals surface area contributed by atoms with E-state index in [0.717, 1.165) is 0 Å². The van der Waals surface area contributed by atoms with Crippen LogP contribution in [0.1, 0.15) is 13.3 Å². The molecule has 0 radical (unpaired) electrons. The van der Waals surface area contributed by atoms with Gasteiger partial charge in [-0.3, -0.25) is 5.32 Å². The highest BCUT2D eigenvalue weighted by Gasteiger charge is 2.32. The highest BCUT2D eigenvalue weighted by atomic mass is 16.3. The lowest BCUT2D eigenvalue weighted by Crippen LogP contribution is -2.55. The van der Waals surface area contributed by atoms with Gasteiger partial charge in [-0.1, -0.05) is 6.92 Å². The summed E-state index contributed by atoms with van der Waals surface area (Å²) in [5, 5.41) is 30.1. The summed E-state index contributed by atoms with van der Waals surface area (Å²) in [5.74, 6) is 0.0448. The summed E-state index contributed by atoms with van der Waals surface area (Å²) in [6.45, 7) is 1.72. The Morgan fingerprint density at radius 2 is 2.09 bits per heavy atom. The molecule has 1 heterocycles. The van der Waals surface area contributed by atoms with E-state index in [-0.39, 0.29) is 18.6 Å². The molecule has 1 rings (SSSR count). The second-order valence-corrected chi connectivity index (χ2v) is 3.18. The Bertz CT molecular complexity index is 131. The van der Waals surface area contributed by atoms with Crippen LogP contribution in [0.15, 0.2) is 0 Å². The molecule has 4 unspecified atom stereocenters. The minimum atomic E-state index is -0.592. The second-order valence-electron chi connectivity index (χ2n) is 3.18. The molecule has 4 nitrogen and oxygen atoms in total. The van der Waals surface area contributed by atoms with Crippen molar-refractivity contribution in [2.45, 2.75) is 31.7 Å². The maximum atomic E-state index is 9.42. The standard InChI is InChI=1S/C7H15NO3/c1-4-2-6(10)8-5(3-9)7(4)11/h4-11H,2-3H2,1H3. The minimum absolute atomic E-state index is 0.0448. The highest BCUT2D eigenvalue weighted by molar-refractivity contribution is 4.86. The monoisotopic (exact) mass is 161 g/mol. The van der Waals surface area contributed by atoms with Gasteiger partial charge in [0, 0.05) is 0 Å². The molecular weight excluding hydrogens is 146 g/mol. The molecule has 0 aromatic rings. The molecule has 0 bridgehead atoms. The maximum Gasteiger partial charge on any atom is 0.105 e. The molecule has 0 amide bonds. The van der Waals surface area contributed by atoms with E-state index in [1.165, 1.54) is 0 Å². The van der Waals surface area contributed by atoms with Gasteiger partial charge in [-0.2, -0.15) is 0 Å². The molecule has 0 aliphatic carbocycles. The molecule has 0 aromatic carbocycles. The van der Waals surface area contributed by atoms with E-state index in [4.69, 9.17) is 10.2 Å². The van der Waals surface area contributed by atoms with Crippen LogP contribution in [-0.4, -0.2) is 40.3 Å². The van der Waals surface area contributed by atoms with Crippen molar-refractivity contribution in [3.63, 3.8) is 0 Å². The minimum Gasteiger partial charge on any atom is -0.395 e. The van der Waals surface area contributed by atoms with Gasteiger partial charge in [-0.15, -0.1) is 0 Å². The van der Waals surface area contributed by atoms with Gasteiger partial charge < -0.3 is 15.3 Å². The number of nitrogens with one attached hydrogen (secondary N) is 1. The summed E-state index contributed by atoms with van der Waals surface area (Å²) in [6, 6.07) is -0.381. The Hall–Kier alpha value is -0.160. The van der Waals surface area contributed by atoms with Crippen molar-refractivity contribution >= 4 is 0 Å². The SMILES string of the molecule is CC1CC(O)NC(CO)C1O. The molecule has 1 aliphatic heterocycles. The van der Waals surface area contributed by atoms with Gasteiger partial charge in [0.1, 0.15) is 6.23 Å². The van der Waals surface area contributed by atoms with Gasteiger partial charge in [0.25, 0.3) is 0 Å². The van der Waals surface area contributed by atoms with Crippen molar-refractivity contribution in [3.05, 3.63) is 0 Å². The van der Waals surface area contributed by atoms with Gasteiger partial charge in [-0.25, -0.2) is 0 Å². The van der Waals surface area contributed by atoms with E-state index in [2.05, 4.69) is 5.32 Å². The first-order chi connectivity index (χ1) is 5.15. The number of rotatable bonds is 1. The third-order valence-electron chi connectivity index (χ3n) is 2.19. The van der Waals surface area contributed by atoms with Crippen LogP contribution in [0, 0.1) is 5.92 Å². The number of hydrogen-bond donors (Lipinski definition) is 4. The summed E-state index contributed by atoms with van der Waals surface area (Å²) in [5.41, 5.74) is 0. The fourth-order valence-electron chi connectivity index (χ4n) is 1.46. The van der Waals surface area contributed by atoms with E-state index >= 15 is 0 Å². The van der Waals surface area contributed by atoms with Gasteiger partial charge in [0.05, 0.1) is 18.8 Å². The molecule has 4 atom stereocenters. The Morgan fingerprint density at radius 3 is 2.64 bits per heavy atom. The lowest BCUT2D eigenvalue weighted by molar-refractivity contribution is -0.0404. The highest BCUT2D eigenvalue weighted by Crippen LogP contribution is 2.18.